The molecular formula is C22H22O6. The average molecular weight is 382 g/mol. The Bertz CT molecular complexity index is 800. The number of carbonyl (C=O) groups is 2. The quantitative estimate of drug-likeness (QED) is 0.438. The van der Waals surface area contributed by atoms with E-state index in [0.717, 1.165) is 17.7 Å². The Balaban J connectivity index is 1.93. The van der Waals surface area contributed by atoms with E-state index in [1.54, 1.807) is 36.4 Å². The van der Waals surface area contributed by atoms with Gasteiger partial charge in [0.1, 0.15) is 31.3 Å². The van der Waals surface area contributed by atoms with E-state index < -0.39 is 18.0 Å². The molecule has 0 spiro atoms. The molecule has 0 aliphatic rings. The fourth-order valence-electron chi connectivity index (χ4n) is 2.16. The van der Waals surface area contributed by atoms with Crippen LogP contribution in [0.2, 0.25) is 0 Å². The molecule has 2 aromatic rings. The molecule has 0 radical (unpaired) electrons. The molecule has 0 aliphatic heterocycles. The average Bonchev–Trinajstić information content (AvgIpc) is 2.74. The number of rotatable bonds is 11. The zero-order valence-electron chi connectivity index (χ0n) is 15.4. The van der Waals surface area contributed by atoms with E-state index in [1.165, 1.54) is 0 Å². The van der Waals surface area contributed by atoms with Crippen LogP contribution in [-0.2, 0) is 25.7 Å². The van der Waals surface area contributed by atoms with Gasteiger partial charge >= 0.3 is 11.9 Å². The van der Waals surface area contributed by atoms with Gasteiger partial charge in [0.2, 0.25) is 0 Å². The third kappa shape index (κ3) is 7.37. The third-order valence-electron chi connectivity index (χ3n) is 3.51. The van der Waals surface area contributed by atoms with Gasteiger partial charge in [-0.15, -0.1) is 0 Å². The summed E-state index contributed by atoms with van der Waals surface area (Å²) in [6.07, 6.45) is 1.56. The maximum absolute atomic E-state index is 11.6. The van der Waals surface area contributed by atoms with Gasteiger partial charge < -0.3 is 18.9 Å². The molecule has 0 bridgehead atoms. The highest BCUT2D eigenvalue weighted by atomic mass is 16.6. The number of hydrogen-bond acceptors (Lipinski definition) is 6. The summed E-state index contributed by atoms with van der Waals surface area (Å²) in [4.78, 5) is 22.7. The smallest absolute Gasteiger partial charge is 0.330 e. The summed E-state index contributed by atoms with van der Waals surface area (Å²) in [7, 11) is 0. The highest BCUT2D eigenvalue weighted by Crippen LogP contribution is 2.16. The molecule has 2 aromatic carbocycles. The van der Waals surface area contributed by atoms with Crippen molar-refractivity contribution in [1.82, 2.24) is 0 Å². The highest BCUT2D eigenvalue weighted by Gasteiger charge is 2.15. The Hall–Kier alpha value is -3.54. The van der Waals surface area contributed by atoms with E-state index in [2.05, 4.69) is 13.2 Å². The summed E-state index contributed by atoms with van der Waals surface area (Å²) in [6, 6.07) is 16.3. The molecule has 146 valence electrons. The van der Waals surface area contributed by atoms with Crippen molar-refractivity contribution >= 4 is 11.9 Å². The molecule has 6 heteroatoms. The van der Waals surface area contributed by atoms with Crippen LogP contribution in [0.15, 0.2) is 79.9 Å². The lowest BCUT2D eigenvalue weighted by Crippen LogP contribution is -2.30. The number of carbonyl (C=O) groups excluding carboxylic acids is 2. The van der Waals surface area contributed by atoms with E-state index in [9.17, 15) is 9.59 Å². The summed E-state index contributed by atoms with van der Waals surface area (Å²) in [5, 5.41) is 0. The van der Waals surface area contributed by atoms with Crippen LogP contribution in [0, 0.1) is 0 Å². The summed E-state index contributed by atoms with van der Waals surface area (Å²) in [5.74, 6) is 0.149. The molecule has 0 saturated heterocycles. The van der Waals surface area contributed by atoms with Crippen molar-refractivity contribution in [1.29, 1.82) is 0 Å². The Morgan fingerprint density at radius 2 is 1.50 bits per heavy atom. The molecule has 0 fully saturated rings. The molecule has 1 atom stereocenters. The number of benzene rings is 2. The predicted octanol–water partition coefficient (Wildman–Crippen LogP) is 3.47. The lowest BCUT2D eigenvalue weighted by molar-refractivity contribution is -0.146. The lowest BCUT2D eigenvalue weighted by Gasteiger charge is -2.18. The van der Waals surface area contributed by atoms with Gasteiger partial charge in [0, 0.05) is 12.2 Å². The summed E-state index contributed by atoms with van der Waals surface area (Å²) in [6.45, 7) is 7.06. The van der Waals surface area contributed by atoms with Gasteiger partial charge in [0.25, 0.3) is 0 Å². The minimum absolute atomic E-state index is 0.0856. The van der Waals surface area contributed by atoms with Crippen LogP contribution in [0.1, 0.15) is 5.56 Å². The number of ether oxygens (including phenoxy) is 4. The first-order valence-corrected chi connectivity index (χ1v) is 8.62. The topological polar surface area (TPSA) is 71.1 Å². The van der Waals surface area contributed by atoms with Gasteiger partial charge in [-0.05, 0) is 29.8 Å². The van der Waals surface area contributed by atoms with Gasteiger partial charge in [-0.1, -0.05) is 43.5 Å². The molecule has 1 unspecified atom stereocenters. The predicted molar refractivity (Wildman–Crippen MR) is 104 cm³/mol. The zero-order chi connectivity index (χ0) is 20.2. The molecule has 28 heavy (non-hydrogen) atoms. The largest absolute Gasteiger partial charge is 0.490 e. The second kappa shape index (κ2) is 11.2. The summed E-state index contributed by atoms with van der Waals surface area (Å²) in [5.41, 5.74) is 0.757. The van der Waals surface area contributed by atoms with Crippen LogP contribution in [0.25, 0.3) is 0 Å². The van der Waals surface area contributed by atoms with Gasteiger partial charge in [0.15, 0.2) is 6.10 Å². The first-order chi connectivity index (χ1) is 13.6. The molecule has 2 rings (SSSR count). The van der Waals surface area contributed by atoms with Crippen LogP contribution in [0.4, 0.5) is 0 Å². The van der Waals surface area contributed by atoms with Crippen molar-refractivity contribution in [2.24, 2.45) is 0 Å². The molecular weight excluding hydrogens is 360 g/mol. The van der Waals surface area contributed by atoms with E-state index >= 15 is 0 Å². The molecule has 0 N–H and O–H groups in total. The molecule has 0 aromatic heterocycles. The Morgan fingerprint density at radius 3 is 2.18 bits per heavy atom. The van der Waals surface area contributed by atoms with Crippen LogP contribution in [0.3, 0.4) is 0 Å². The van der Waals surface area contributed by atoms with E-state index in [-0.39, 0.29) is 19.8 Å². The van der Waals surface area contributed by atoms with Crippen molar-refractivity contribution in [3.05, 3.63) is 85.5 Å². The Labute approximate surface area is 164 Å². The second-order valence-electron chi connectivity index (χ2n) is 5.66. The van der Waals surface area contributed by atoms with Crippen molar-refractivity contribution in [3.63, 3.8) is 0 Å². The second-order valence-corrected chi connectivity index (χ2v) is 5.66. The van der Waals surface area contributed by atoms with E-state index in [1.807, 2.05) is 18.2 Å². The summed E-state index contributed by atoms with van der Waals surface area (Å²) >= 11 is 0. The fraction of sp³-hybridized carbons (Fsp3) is 0.182. The number of hydrogen-bond donors (Lipinski definition) is 0. The normalized spacial score (nSPS) is 11.0. The fourth-order valence-corrected chi connectivity index (χ4v) is 2.16. The SMILES string of the molecule is C=CC(=O)OCc1cccc(OCC(COc2ccccc2)OC(=O)C=C)c1. The minimum atomic E-state index is -0.632. The van der Waals surface area contributed by atoms with Gasteiger partial charge in [-0.3, -0.25) is 0 Å². The molecule has 0 aliphatic carbocycles. The first kappa shape index (κ1) is 20.8. The van der Waals surface area contributed by atoms with Crippen molar-refractivity contribution in [2.75, 3.05) is 13.2 Å². The lowest BCUT2D eigenvalue weighted by atomic mass is 10.2. The monoisotopic (exact) mass is 382 g/mol. The van der Waals surface area contributed by atoms with E-state index in [4.69, 9.17) is 18.9 Å². The molecule has 0 heterocycles. The molecule has 0 saturated carbocycles. The number of esters is 2. The Kier molecular flexibility index (Phi) is 8.33. The first-order valence-electron chi connectivity index (χ1n) is 8.62. The van der Waals surface area contributed by atoms with Crippen LogP contribution < -0.4 is 9.47 Å². The van der Waals surface area contributed by atoms with Crippen molar-refractivity contribution in [3.8, 4) is 11.5 Å². The van der Waals surface area contributed by atoms with Gasteiger partial charge in [0.05, 0.1) is 0 Å². The van der Waals surface area contributed by atoms with Crippen LogP contribution in [0.5, 0.6) is 11.5 Å². The van der Waals surface area contributed by atoms with Crippen molar-refractivity contribution in [2.45, 2.75) is 12.7 Å². The Morgan fingerprint density at radius 1 is 0.857 bits per heavy atom. The third-order valence-corrected chi connectivity index (χ3v) is 3.51. The van der Waals surface area contributed by atoms with E-state index in [0.29, 0.717) is 11.5 Å². The molecule has 6 nitrogen and oxygen atoms in total. The van der Waals surface area contributed by atoms with Crippen molar-refractivity contribution < 1.29 is 28.5 Å². The maximum atomic E-state index is 11.6. The van der Waals surface area contributed by atoms with Gasteiger partial charge in [-0.2, -0.15) is 0 Å². The highest BCUT2D eigenvalue weighted by molar-refractivity contribution is 5.81. The number of para-hydroxylation sites is 1. The van der Waals surface area contributed by atoms with Gasteiger partial charge in [-0.25, -0.2) is 9.59 Å². The van der Waals surface area contributed by atoms with Crippen LogP contribution in [-0.4, -0.2) is 31.3 Å². The maximum Gasteiger partial charge on any atom is 0.330 e. The standard InChI is InChI=1S/C22H22O6/c1-3-21(23)27-14-17-9-8-12-19(13-17)26-16-20(28-22(24)4-2)15-25-18-10-6-5-7-11-18/h3-13,20H,1-2,14-16H2. The van der Waals surface area contributed by atoms with Crippen LogP contribution >= 0.6 is 0 Å². The summed E-state index contributed by atoms with van der Waals surface area (Å²) < 4.78 is 21.6. The molecule has 0 amide bonds. The minimum Gasteiger partial charge on any atom is -0.490 e. The zero-order valence-corrected chi connectivity index (χ0v) is 15.4.